The van der Waals surface area contributed by atoms with Crippen LogP contribution < -0.4 is 5.32 Å². The summed E-state index contributed by atoms with van der Waals surface area (Å²) in [6.45, 7) is 1.01. The minimum atomic E-state index is 1.01. The summed E-state index contributed by atoms with van der Waals surface area (Å²) in [5.74, 6) is 0. The van der Waals surface area contributed by atoms with Gasteiger partial charge in [0, 0.05) is 23.4 Å². The van der Waals surface area contributed by atoms with Gasteiger partial charge in [0.25, 0.3) is 0 Å². The lowest BCUT2D eigenvalue weighted by molar-refractivity contribution is 0.788. The second kappa shape index (κ2) is 5.21. The molecule has 0 unspecified atom stereocenters. The van der Waals surface area contributed by atoms with E-state index in [0.717, 1.165) is 13.0 Å². The van der Waals surface area contributed by atoms with E-state index < -0.39 is 0 Å². The number of aromatic nitrogens is 1. The molecule has 0 bridgehead atoms. The lowest BCUT2D eigenvalue weighted by Crippen LogP contribution is -2.09. The van der Waals surface area contributed by atoms with Gasteiger partial charge in [-0.05, 0) is 31.9 Å². The van der Waals surface area contributed by atoms with Gasteiger partial charge in [-0.25, -0.2) is 4.98 Å². The van der Waals surface area contributed by atoms with Crippen LogP contribution in [0, 0.1) is 0 Å². The van der Waals surface area contributed by atoms with E-state index in [0.29, 0.717) is 0 Å². The van der Waals surface area contributed by atoms with Crippen molar-refractivity contribution in [3.63, 3.8) is 0 Å². The van der Waals surface area contributed by atoms with Gasteiger partial charge in [-0.15, -0.1) is 11.3 Å². The highest BCUT2D eigenvalue weighted by Gasteiger charge is 2.18. The van der Waals surface area contributed by atoms with Gasteiger partial charge in [0.2, 0.25) is 0 Å². The van der Waals surface area contributed by atoms with Gasteiger partial charge in [0.1, 0.15) is 0 Å². The highest BCUT2D eigenvalue weighted by Crippen LogP contribution is 2.35. The molecule has 2 nitrogen and oxygen atoms in total. The van der Waals surface area contributed by atoms with E-state index in [4.69, 9.17) is 4.98 Å². The van der Waals surface area contributed by atoms with Crippen molar-refractivity contribution in [3.05, 3.63) is 39.7 Å². The fourth-order valence-corrected chi connectivity index (χ4v) is 3.65. The Morgan fingerprint density at radius 1 is 1.28 bits per heavy atom. The summed E-state index contributed by atoms with van der Waals surface area (Å²) in [6, 6.07) is 8.73. The highest BCUT2D eigenvalue weighted by molar-refractivity contribution is 7.12. The average molecular weight is 258 g/mol. The van der Waals surface area contributed by atoms with E-state index in [2.05, 4.69) is 29.6 Å². The maximum Gasteiger partial charge on any atom is 0.0948 e. The fraction of sp³-hybridized carbons (Fsp3) is 0.400. The number of aryl methyl sites for hydroxylation is 2. The molecule has 0 aliphatic heterocycles. The average Bonchev–Trinajstić information content (AvgIpc) is 2.72. The fourth-order valence-electron chi connectivity index (χ4n) is 2.53. The summed E-state index contributed by atoms with van der Waals surface area (Å²) in [5, 5.41) is 4.46. The smallest absolute Gasteiger partial charge is 0.0948 e. The van der Waals surface area contributed by atoms with Crippen LogP contribution in [-0.2, 0) is 19.3 Å². The van der Waals surface area contributed by atoms with Crippen molar-refractivity contribution in [2.24, 2.45) is 0 Å². The van der Waals surface area contributed by atoms with Gasteiger partial charge < -0.3 is 5.32 Å². The number of nitrogens with one attached hydrogen (secondary N) is 1. The Morgan fingerprint density at radius 3 is 3.06 bits per heavy atom. The van der Waals surface area contributed by atoms with Crippen molar-refractivity contribution >= 4 is 11.3 Å². The molecule has 0 amide bonds. The van der Waals surface area contributed by atoms with Crippen LogP contribution >= 0.6 is 11.3 Å². The van der Waals surface area contributed by atoms with Gasteiger partial charge in [-0.2, -0.15) is 0 Å². The molecule has 2 aromatic rings. The number of hydrogen-bond donors (Lipinski definition) is 1. The summed E-state index contributed by atoms with van der Waals surface area (Å²) >= 11 is 1.90. The normalized spacial score (nSPS) is 13.8. The molecule has 3 rings (SSSR count). The van der Waals surface area contributed by atoms with Crippen LogP contribution in [0.5, 0.6) is 0 Å². The Balaban J connectivity index is 2.01. The third-order valence-electron chi connectivity index (χ3n) is 3.45. The maximum absolute atomic E-state index is 4.87. The summed E-state index contributed by atoms with van der Waals surface area (Å²) in [7, 11) is 1.99. The molecular formula is C15H18N2S. The molecule has 1 aromatic heterocycles. The lowest BCUT2D eigenvalue weighted by Gasteiger charge is -2.03. The van der Waals surface area contributed by atoms with Crippen molar-refractivity contribution in [3.8, 4) is 11.3 Å². The molecule has 18 heavy (non-hydrogen) atoms. The van der Waals surface area contributed by atoms with Gasteiger partial charge in [0.15, 0.2) is 0 Å². The third-order valence-corrected chi connectivity index (χ3v) is 4.63. The molecule has 1 heterocycles. The van der Waals surface area contributed by atoms with E-state index in [1.54, 1.807) is 0 Å². The van der Waals surface area contributed by atoms with Crippen LogP contribution in [0.25, 0.3) is 11.3 Å². The lowest BCUT2D eigenvalue weighted by atomic mass is 10.0. The van der Waals surface area contributed by atoms with Crippen LogP contribution in [0.15, 0.2) is 24.3 Å². The zero-order valence-corrected chi connectivity index (χ0v) is 11.5. The van der Waals surface area contributed by atoms with Crippen LogP contribution in [0.3, 0.4) is 0 Å². The van der Waals surface area contributed by atoms with Crippen molar-refractivity contribution in [1.29, 1.82) is 0 Å². The van der Waals surface area contributed by atoms with Gasteiger partial charge in [-0.3, -0.25) is 0 Å². The van der Waals surface area contributed by atoms with Crippen molar-refractivity contribution in [2.75, 3.05) is 13.6 Å². The molecule has 0 atom stereocenters. The molecule has 1 N–H and O–H groups in total. The van der Waals surface area contributed by atoms with E-state index >= 15 is 0 Å². The quantitative estimate of drug-likeness (QED) is 0.915. The molecule has 0 saturated heterocycles. The van der Waals surface area contributed by atoms with Crippen molar-refractivity contribution in [1.82, 2.24) is 10.3 Å². The summed E-state index contributed by atoms with van der Waals surface area (Å²) in [6.07, 6.45) is 4.65. The number of hydrogen-bond acceptors (Lipinski definition) is 3. The Bertz CT molecular complexity index is 545. The molecule has 94 valence electrons. The Kier molecular flexibility index (Phi) is 3.43. The van der Waals surface area contributed by atoms with E-state index in [-0.39, 0.29) is 0 Å². The molecular weight excluding hydrogens is 240 g/mol. The van der Waals surface area contributed by atoms with Gasteiger partial charge in [-0.1, -0.05) is 24.3 Å². The maximum atomic E-state index is 4.87. The molecule has 3 heteroatoms. The van der Waals surface area contributed by atoms with Gasteiger partial charge in [0.05, 0.1) is 10.7 Å². The first kappa shape index (κ1) is 11.9. The Morgan fingerprint density at radius 2 is 2.17 bits per heavy atom. The zero-order valence-electron chi connectivity index (χ0n) is 10.7. The molecule has 0 fully saturated rings. The van der Waals surface area contributed by atoms with Crippen molar-refractivity contribution < 1.29 is 0 Å². The Hall–Kier alpha value is -1.19. The second-order valence-electron chi connectivity index (χ2n) is 4.74. The van der Waals surface area contributed by atoms with Crippen molar-refractivity contribution in [2.45, 2.75) is 25.7 Å². The first-order valence-electron chi connectivity index (χ1n) is 6.60. The molecule has 1 aromatic carbocycles. The first-order chi connectivity index (χ1) is 8.88. The number of fused-ring (bicyclic) bond motifs is 3. The molecule has 0 saturated carbocycles. The van der Waals surface area contributed by atoms with Crippen LogP contribution in [-0.4, -0.2) is 18.6 Å². The molecule has 1 aliphatic carbocycles. The predicted molar refractivity (Wildman–Crippen MR) is 77.2 cm³/mol. The Labute approximate surface area is 112 Å². The molecule has 1 aliphatic rings. The molecule has 0 spiro atoms. The third kappa shape index (κ3) is 2.20. The van der Waals surface area contributed by atoms with Crippen LogP contribution in [0.1, 0.15) is 21.9 Å². The standard InChI is InChI=1S/C15H18N2S/c1-16-10-9-14-17-15-12-7-3-2-5-11(12)6-4-8-13(15)18-14/h2-3,5,7,16H,4,6,8-10H2,1H3. The largest absolute Gasteiger partial charge is 0.319 e. The minimum Gasteiger partial charge on any atom is -0.319 e. The van der Waals surface area contributed by atoms with E-state index in [9.17, 15) is 0 Å². The molecule has 0 radical (unpaired) electrons. The number of nitrogens with zero attached hydrogens (tertiary/aromatic N) is 1. The second-order valence-corrected chi connectivity index (χ2v) is 5.91. The van der Waals surface area contributed by atoms with E-state index in [1.165, 1.54) is 46.0 Å². The van der Waals surface area contributed by atoms with Crippen LogP contribution in [0.4, 0.5) is 0 Å². The van der Waals surface area contributed by atoms with E-state index in [1.807, 2.05) is 18.4 Å². The monoisotopic (exact) mass is 258 g/mol. The number of benzene rings is 1. The number of thiazole rings is 1. The predicted octanol–water partition coefficient (Wildman–Crippen LogP) is 3.06. The van der Waals surface area contributed by atoms with Crippen LogP contribution in [0.2, 0.25) is 0 Å². The number of rotatable bonds is 3. The zero-order chi connectivity index (χ0) is 12.4. The minimum absolute atomic E-state index is 1.01. The summed E-state index contributed by atoms with van der Waals surface area (Å²) in [5.41, 5.74) is 4.07. The van der Waals surface area contributed by atoms with Gasteiger partial charge >= 0.3 is 0 Å². The first-order valence-corrected chi connectivity index (χ1v) is 7.41. The highest BCUT2D eigenvalue weighted by atomic mass is 32.1. The summed E-state index contributed by atoms with van der Waals surface area (Å²) < 4.78 is 0. The SMILES string of the molecule is CNCCc1nc2c(s1)CCCc1ccccc1-2. The summed E-state index contributed by atoms with van der Waals surface area (Å²) in [4.78, 5) is 6.35. The number of likely N-dealkylation sites (N-methyl/N-ethyl adjacent to an activating group) is 1. The topological polar surface area (TPSA) is 24.9 Å².